The molecule has 2 fully saturated rings. The predicted octanol–water partition coefficient (Wildman–Crippen LogP) is 3.94. The fourth-order valence-corrected chi connectivity index (χ4v) is 7.41. The van der Waals surface area contributed by atoms with Gasteiger partial charge in [0.05, 0.1) is 12.1 Å². The Kier molecular flexibility index (Phi) is 11.4. The first-order valence-electron chi connectivity index (χ1n) is 18.1. The van der Waals surface area contributed by atoms with E-state index in [0.717, 1.165) is 18.1 Å². The van der Waals surface area contributed by atoms with Crippen molar-refractivity contribution < 1.29 is 37.9 Å². The van der Waals surface area contributed by atoms with E-state index in [1.54, 1.807) is 0 Å². The Morgan fingerprint density at radius 2 is 1.59 bits per heavy atom. The van der Waals surface area contributed by atoms with Gasteiger partial charge in [0.1, 0.15) is 23.8 Å². The van der Waals surface area contributed by atoms with E-state index in [0.29, 0.717) is 17.3 Å². The molecule has 2 aliphatic rings. The van der Waals surface area contributed by atoms with E-state index < -0.39 is 71.8 Å². The number of amides is 5. The van der Waals surface area contributed by atoms with Crippen molar-refractivity contribution in [3.8, 4) is 0 Å². The lowest BCUT2D eigenvalue weighted by molar-refractivity contribution is -0.144. The van der Waals surface area contributed by atoms with Crippen molar-refractivity contribution in [2.45, 2.75) is 94.1 Å². The van der Waals surface area contributed by atoms with E-state index in [2.05, 4.69) is 20.9 Å². The summed E-state index contributed by atoms with van der Waals surface area (Å²) in [5.41, 5.74) is 7.34. The van der Waals surface area contributed by atoms with Crippen LogP contribution in [0, 0.1) is 0 Å². The van der Waals surface area contributed by atoms with Crippen molar-refractivity contribution in [1.82, 2.24) is 25.8 Å². The SMILES string of the molecule is CC(F)(F)c1ccc2[nH]c(C(=O)N[C@H]3CC[C@@H](O)C[C@H]4CC[C@@H](C(=O)N[C@@H](CCC(N)=O)C(=O)NC(c5ccccc5)c5ccccc5)N4C3=O)cc2c1. The highest BCUT2D eigenvalue weighted by molar-refractivity contribution is 6.01. The van der Waals surface area contributed by atoms with Crippen LogP contribution in [0.1, 0.15) is 85.1 Å². The quantitative estimate of drug-likeness (QED) is 0.128. The molecule has 0 aliphatic carbocycles. The van der Waals surface area contributed by atoms with Gasteiger partial charge in [-0.1, -0.05) is 66.7 Å². The third kappa shape index (κ3) is 8.76. The molecule has 6 rings (SSSR count). The molecule has 5 atom stereocenters. The predicted molar refractivity (Wildman–Crippen MR) is 196 cm³/mol. The molecule has 0 radical (unpaired) electrons. The van der Waals surface area contributed by atoms with E-state index >= 15 is 0 Å². The molecular weight excluding hydrogens is 698 g/mol. The van der Waals surface area contributed by atoms with Crippen molar-refractivity contribution in [3.63, 3.8) is 0 Å². The second-order valence-corrected chi connectivity index (χ2v) is 14.2. The molecule has 5 amide bonds. The summed E-state index contributed by atoms with van der Waals surface area (Å²) in [6.45, 7) is 0.783. The number of rotatable bonds is 12. The van der Waals surface area contributed by atoms with Gasteiger partial charge in [-0.25, -0.2) is 8.78 Å². The van der Waals surface area contributed by atoms with Gasteiger partial charge in [0.25, 0.3) is 11.8 Å². The fraction of sp³-hybridized carbons (Fsp3) is 0.375. The van der Waals surface area contributed by atoms with Gasteiger partial charge in [0, 0.05) is 35.9 Å². The molecule has 284 valence electrons. The molecule has 0 unspecified atom stereocenters. The third-order valence-corrected chi connectivity index (χ3v) is 10.2. The Morgan fingerprint density at radius 1 is 0.926 bits per heavy atom. The van der Waals surface area contributed by atoms with Crippen LogP contribution in [-0.2, 0) is 25.1 Å². The zero-order chi connectivity index (χ0) is 38.6. The molecular formula is C40H44F2N6O6. The van der Waals surface area contributed by atoms with Crippen molar-refractivity contribution in [1.29, 1.82) is 0 Å². The van der Waals surface area contributed by atoms with Gasteiger partial charge in [-0.15, -0.1) is 0 Å². The molecule has 2 aliphatic heterocycles. The molecule has 3 heterocycles. The van der Waals surface area contributed by atoms with Crippen molar-refractivity contribution in [3.05, 3.63) is 107 Å². The highest BCUT2D eigenvalue weighted by Crippen LogP contribution is 2.33. The average Bonchev–Trinajstić information content (AvgIpc) is 3.77. The Bertz CT molecular complexity index is 1960. The van der Waals surface area contributed by atoms with E-state index in [1.165, 1.54) is 29.2 Å². The Labute approximate surface area is 310 Å². The first-order valence-corrected chi connectivity index (χ1v) is 18.1. The molecule has 0 spiro atoms. The Hall–Kier alpha value is -5.63. The molecule has 7 N–H and O–H groups in total. The molecule has 0 saturated carbocycles. The first kappa shape index (κ1) is 38.1. The summed E-state index contributed by atoms with van der Waals surface area (Å²) in [6, 6.07) is 19.6. The summed E-state index contributed by atoms with van der Waals surface area (Å²) >= 11 is 0. The summed E-state index contributed by atoms with van der Waals surface area (Å²) in [4.78, 5) is 71.8. The number of H-pyrrole nitrogens is 1. The number of benzene rings is 3. The molecule has 0 bridgehead atoms. The number of halogens is 2. The highest BCUT2D eigenvalue weighted by Gasteiger charge is 2.46. The van der Waals surface area contributed by atoms with Gasteiger partial charge in [0.15, 0.2) is 0 Å². The lowest BCUT2D eigenvalue weighted by Crippen LogP contribution is -2.59. The number of carbonyl (C=O) groups is 5. The fourth-order valence-electron chi connectivity index (χ4n) is 7.41. The molecule has 4 aromatic rings. The minimum atomic E-state index is -3.08. The number of nitrogens with one attached hydrogen (secondary N) is 4. The number of alkyl halides is 2. The van der Waals surface area contributed by atoms with Crippen LogP contribution in [0.2, 0.25) is 0 Å². The standard InChI is InChI=1S/C40H44F2N6O6/c1-40(41,42)26-12-15-29-25(20-26)21-32(44-29)37(52)46-31-16-14-28(49)22-27-13-18-33(48(27)39(31)54)38(53)45-30(17-19-34(43)50)36(51)47-35(23-8-4-2-5-9-23)24-10-6-3-7-11-24/h2-12,15,20-21,27-28,30-31,33,35,44,49H,13-14,16-19,22H2,1H3,(H2,43,50)(H,45,53)(H,46,52)(H,47,51)/t27-,28-,30+,31+,33+/m1/s1. The van der Waals surface area contributed by atoms with Gasteiger partial charge in [0.2, 0.25) is 23.6 Å². The lowest BCUT2D eigenvalue weighted by Gasteiger charge is -2.36. The van der Waals surface area contributed by atoms with Crippen molar-refractivity contribution in [2.24, 2.45) is 5.73 Å². The van der Waals surface area contributed by atoms with Crippen LogP contribution in [0.25, 0.3) is 10.9 Å². The number of nitrogens with zero attached hydrogens (tertiary/aromatic N) is 1. The number of primary amides is 1. The largest absolute Gasteiger partial charge is 0.393 e. The number of aromatic amines is 1. The van der Waals surface area contributed by atoms with Gasteiger partial charge < -0.3 is 36.7 Å². The number of aliphatic hydroxyl groups is 1. The number of fused-ring (bicyclic) bond motifs is 2. The summed E-state index contributed by atoms with van der Waals surface area (Å²) in [7, 11) is 0. The van der Waals surface area contributed by atoms with Crippen LogP contribution in [0.4, 0.5) is 8.78 Å². The molecule has 12 nitrogen and oxygen atoms in total. The van der Waals surface area contributed by atoms with Crippen LogP contribution in [0.3, 0.4) is 0 Å². The van der Waals surface area contributed by atoms with E-state index in [-0.39, 0.29) is 49.8 Å². The third-order valence-electron chi connectivity index (χ3n) is 10.2. The minimum Gasteiger partial charge on any atom is -0.393 e. The smallest absolute Gasteiger partial charge is 0.270 e. The maximum absolute atomic E-state index is 14.2. The molecule has 54 heavy (non-hydrogen) atoms. The summed E-state index contributed by atoms with van der Waals surface area (Å²) in [5.74, 6) is -6.08. The maximum atomic E-state index is 14.2. The first-order chi connectivity index (χ1) is 25.8. The van der Waals surface area contributed by atoms with Gasteiger partial charge in [-0.3, -0.25) is 24.0 Å². The number of hydrogen-bond acceptors (Lipinski definition) is 6. The number of aliphatic hydroxyl groups excluding tert-OH is 1. The summed E-state index contributed by atoms with van der Waals surface area (Å²) in [5, 5.41) is 19.7. The highest BCUT2D eigenvalue weighted by atomic mass is 19.3. The average molecular weight is 743 g/mol. The van der Waals surface area contributed by atoms with Crippen LogP contribution in [0.15, 0.2) is 84.9 Å². The molecule has 1 aromatic heterocycles. The van der Waals surface area contributed by atoms with E-state index in [1.807, 2.05) is 60.7 Å². The Balaban J connectivity index is 1.20. The number of carbonyl (C=O) groups excluding carboxylic acids is 5. The van der Waals surface area contributed by atoms with Crippen LogP contribution in [-0.4, -0.2) is 74.8 Å². The zero-order valence-corrected chi connectivity index (χ0v) is 29.8. The Morgan fingerprint density at radius 3 is 2.22 bits per heavy atom. The van der Waals surface area contributed by atoms with E-state index in [4.69, 9.17) is 5.73 Å². The van der Waals surface area contributed by atoms with Crippen molar-refractivity contribution in [2.75, 3.05) is 0 Å². The summed E-state index contributed by atoms with van der Waals surface area (Å²) < 4.78 is 27.9. The topological polar surface area (TPSA) is 187 Å². The number of nitrogens with two attached hydrogens (primary N) is 1. The number of aromatic nitrogens is 1. The second-order valence-electron chi connectivity index (χ2n) is 14.2. The summed E-state index contributed by atoms with van der Waals surface area (Å²) in [6.07, 6.45) is 0.0798. The zero-order valence-electron chi connectivity index (χ0n) is 29.8. The molecule has 2 saturated heterocycles. The van der Waals surface area contributed by atoms with Crippen LogP contribution in [0.5, 0.6) is 0 Å². The normalized spacial score (nSPS) is 20.8. The second kappa shape index (κ2) is 16.2. The van der Waals surface area contributed by atoms with Crippen LogP contribution < -0.4 is 21.7 Å². The van der Waals surface area contributed by atoms with E-state index in [9.17, 15) is 37.9 Å². The minimum absolute atomic E-state index is 0.0526. The maximum Gasteiger partial charge on any atom is 0.270 e. The number of hydrogen-bond donors (Lipinski definition) is 6. The van der Waals surface area contributed by atoms with Crippen molar-refractivity contribution >= 4 is 40.4 Å². The van der Waals surface area contributed by atoms with Crippen LogP contribution >= 0.6 is 0 Å². The molecule has 14 heteroatoms. The molecule has 3 aromatic carbocycles. The lowest BCUT2D eigenvalue weighted by atomic mass is 9.96. The monoisotopic (exact) mass is 742 g/mol. The van der Waals surface area contributed by atoms with Gasteiger partial charge in [-0.2, -0.15) is 0 Å². The van der Waals surface area contributed by atoms with Gasteiger partial charge in [-0.05, 0) is 67.9 Å². The van der Waals surface area contributed by atoms with Gasteiger partial charge >= 0.3 is 0 Å².